The van der Waals surface area contributed by atoms with E-state index >= 15 is 0 Å². The predicted octanol–water partition coefficient (Wildman–Crippen LogP) is 2.04. The number of alkyl halides is 1. The second kappa shape index (κ2) is 5.54. The zero-order valence-corrected chi connectivity index (χ0v) is 10.9. The molecule has 0 aromatic carbocycles. The normalized spacial score (nSPS) is 16.4. The van der Waals surface area contributed by atoms with Gasteiger partial charge in [0.25, 0.3) is 5.91 Å². The number of amides is 1. The van der Waals surface area contributed by atoms with Crippen LogP contribution in [0.1, 0.15) is 36.2 Å². The number of hydrogen-bond donors (Lipinski definition) is 0. The summed E-state index contributed by atoms with van der Waals surface area (Å²) in [7, 11) is 1.84. The molecular weight excluding hydrogens is 238 g/mol. The molecule has 1 saturated carbocycles. The van der Waals surface area contributed by atoms with Gasteiger partial charge in [0.15, 0.2) is 0 Å². The van der Waals surface area contributed by atoms with Crippen LogP contribution in [0.3, 0.4) is 0 Å². The molecule has 17 heavy (non-hydrogen) atoms. The number of carbonyl (C=O) groups excluding carboxylic acids is 1. The molecule has 0 atom stereocenters. The second-order valence-electron chi connectivity index (χ2n) is 4.52. The van der Waals surface area contributed by atoms with Gasteiger partial charge in [0.05, 0.1) is 12.5 Å². The quantitative estimate of drug-likeness (QED) is 0.773. The average molecular weight is 256 g/mol. The third-order valence-electron chi connectivity index (χ3n) is 3.39. The lowest BCUT2D eigenvalue weighted by Gasteiger charge is -2.28. The van der Waals surface area contributed by atoms with Crippen LogP contribution < -0.4 is 0 Å². The largest absolute Gasteiger partial charge is 0.333 e. The smallest absolute Gasteiger partial charge is 0.272 e. The first-order valence-corrected chi connectivity index (χ1v) is 6.60. The fourth-order valence-electron chi connectivity index (χ4n) is 2.47. The van der Waals surface area contributed by atoms with Gasteiger partial charge >= 0.3 is 0 Å². The summed E-state index contributed by atoms with van der Waals surface area (Å²) in [6, 6.07) is 0.358. The molecular formula is C12H18ClN3O. The molecule has 1 aromatic rings. The molecule has 0 spiro atoms. The molecule has 0 aliphatic heterocycles. The maximum Gasteiger partial charge on any atom is 0.272 e. The van der Waals surface area contributed by atoms with Crippen LogP contribution in [-0.4, -0.2) is 38.8 Å². The maximum absolute atomic E-state index is 12.4. The van der Waals surface area contributed by atoms with E-state index in [0.717, 1.165) is 12.8 Å². The summed E-state index contributed by atoms with van der Waals surface area (Å²) >= 11 is 5.80. The molecule has 1 heterocycles. The summed E-state index contributed by atoms with van der Waals surface area (Å²) in [6.07, 6.45) is 7.89. The summed E-state index contributed by atoms with van der Waals surface area (Å²) in [5, 5.41) is 0. The van der Waals surface area contributed by atoms with Crippen LogP contribution in [0.2, 0.25) is 0 Å². The van der Waals surface area contributed by atoms with E-state index in [1.54, 1.807) is 17.1 Å². The Morgan fingerprint density at radius 3 is 2.82 bits per heavy atom. The highest BCUT2D eigenvalue weighted by molar-refractivity contribution is 6.18. The number of hydrogen-bond acceptors (Lipinski definition) is 2. The number of carbonyl (C=O) groups is 1. The van der Waals surface area contributed by atoms with Gasteiger partial charge in [0.2, 0.25) is 0 Å². The lowest BCUT2D eigenvalue weighted by atomic mass is 10.2. The fourth-order valence-corrected chi connectivity index (χ4v) is 2.65. The van der Waals surface area contributed by atoms with Crippen molar-refractivity contribution < 1.29 is 4.79 Å². The molecule has 4 nitrogen and oxygen atoms in total. The Morgan fingerprint density at radius 2 is 2.29 bits per heavy atom. The van der Waals surface area contributed by atoms with Crippen LogP contribution in [0.5, 0.6) is 0 Å². The van der Waals surface area contributed by atoms with Crippen LogP contribution in [0, 0.1) is 0 Å². The van der Waals surface area contributed by atoms with Gasteiger partial charge in [-0.15, -0.1) is 11.6 Å². The summed E-state index contributed by atoms with van der Waals surface area (Å²) in [5.41, 5.74) is 0.641. The van der Waals surface area contributed by atoms with Crippen molar-refractivity contribution in [1.29, 1.82) is 0 Å². The average Bonchev–Trinajstić information content (AvgIpc) is 2.95. The van der Waals surface area contributed by atoms with E-state index in [-0.39, 0.29) is 5.91 Å². The van der Waals surface area contributed by atoms with Crippen molar-refractivity contribution >= 4 is 17.5 Å². The number of halogens is 1. The summed E-state index contributed by atoms with van der Waals surface area (Å²) in [4.78, 5) is 18.3. The summed E-state index contributed by atoms with van der Waals surface area (Å²) in [5.74, 6) is 0.539. The molecule has 0 N–H and O–H groups in total. The zero-order valence-electron chi connectivity index (χ0n) is 10.1. The topological polar surface area (TPSA) is 38.1 Å². The van der Waals surface area contributed by atoms with E-state index < -0.39 is 0 Å². The van der Waals surface area contributed by atoms with E-state index in [9.17, 15) is 4.79 Å². The van der Waals surface area contributed by atoms with Gasteiger partial charge in [0, 0.05) is 25.5 Å². The van der Waals surface area contributed by atoms with Crippen molar-refractivity contribution in [3.8, 4) is 0 Å². The molecule has 1 aromatic heterocycles. The highest BCUT2D eigenvalue weighted by Gasteiger charge is 2.28. The second-order valence-corrected chi connectivity index (χ2v) is 4.89. The minimum atomic E-state index is 0.0533. The van der Waals surface area contributed by atoms with Crippen molar-refractivity contribution in [2.24, 2.45) is 7.05 Å². The Bertz CT molecular complexity index is 385. The van der Waals surface area contributed by atoms with Gasteiger partial charge in [0.1, 0.15) is 5.69 Å². The Labute approximate surface area is 107 Å². The Hall–Kier alpha value is -1.03. The van der Waals surface area contributed by atoms with Crippen LogP contribution >= 0.6 is 11.6 Å². The lowest BCUT2D eigenvalue weighted by Crippen LogP contribution is -2.40. The molecule has 0 radical (unpaired) electrons. The van der Waals surface area contributed by atoms with Crippen molar-refractivity contribution in [2.75, 3.05) is 12.4 Å². The number of rotatable bonds is 4. The van der Waals surface area contributed by atoms with Gasteiger partial charge in [-0.05, 0) is 12.8 Å². The van der Waals surface area contributed by atoms with E-state index in [4.69, 9.17) is 11.6 Å². The number of aromatic nitrogens is 2. The highest BCUT2D eigenvalue weighted by Crippen LogP contribution is 2.24. The zero-order chi connectivity index (χ0) is 12.3. The van der Waals surface area contributed by atoms with Crippen molar-refractivity contribution in [1.82, 2.24) is 14.5 Å². The van der Waals surface area contributed by atoms with E-state index in [0.29, 0.717) is 24.2 Å². The SMILES string of the molecule is Cn1cncc1C(=O)N(CCCl)C1CCCC1. The molecule has 1 fully saturated rings. The Kier molecular flexibility index (Phi) is 4.05. The van der Waals surface area contributed by atoms with E-state index in [1.165, 1.54) is 12.8 Å². The molecule has 0 bridgehead atoms. The van der Waals surface area contributed by atoms with Crippen LogP contribution in [0.4, 0.5) is 0 Å². The monoisotopic (exact) mass is 255 g/mol. The van der Waals surface area contributed by atoms with Gasteiger partial charge in [-0.3, -0.25) is 4.79 Å². The molecule has 0 unspecified atom stereocenters. The number of aryl methyl sites for hydroxylation is 1. The number of nitrogens with zero attached hydrogens (tertiary/aromatic N) is 3. The minimum absolute atomic E-state index is 0.0533. The predicted molar refractivity (Wildman–Crippen MR) is 67.2 cm³/mol. The first-order chi connectivity index (χ1) is 8.24. The van der Waals surface area contributed by atoms with Gasteiger partial charge in [-0.25, -0.2) is 4.98 Å². The molecule has 0 saturated heterocycles. The van der Waals surface area contributed by atoms with Crippen LogP contribution in [0.25, 0.3) is 0 Å². The van der Waals surface area contributed by atoms with Crippen LogP contribution in [-0.2, 0) is 7.05 Å². The van der Waals surface area contributed by atoms with Crippen molar-refractivity contribution in [2.45, 2.75) is 31.7 Å². The summed E-state index contributed by atoms with van der Waals surface area (Å²) < 4.78 is 1.76. The molecule has 1 aliphatic carbocycles. The number of imidazole rings is 1. The van der Waals surface area contributed by atoms with E-state index in [1.807, 2.05) is 11.9 Å². The fraction of sp³-hybridized carbons (Fsp3) is 0.667. The minimum Gasteiger partial charge on any atom is -0.333 e. The molecule has 2 rings (SSSR count). The molecule has 94 valence electrons. The molecule has 1 amide bonds. The first kappa shape index (κ1) is 12.4. The van der Waals surface area contributed by atoms with Crippen LogP contribution in [0.15, 0.2) is 12.5 Å². The Morgan fingerprint density at radius 1 is 1.59 bits per heavy atom. The lowest BCUT2D eigenvalue weighted by molar-refractivity contribution is 0.0685. The van der Waals surface area contributed by atoms with Gasteiger partial charge in [-0.1, -0.05) is 12.8 Å². The third kappa shape index (κ3) is 2.63. The van der Waals surface area contributed by atoms with Crippen molar-refractivity contribution in [3.63, 3.8) is 0 Å². The maximum atomic E-state index is 12.4. The Balaban J connectivity index is 2.15. The van der Waals surface area contributed by atoms with Gasteiger partial charge < -0.3 is 9.47 Å². The van der Waals surface area contributed by atoms with Gasteiger partial charge in [-0.2, -0.15) is 0 Å². The van der Waals surface area contributed by atoms with Crippen molar-refractivity contribution in [3.05, 3.63) is 18.2 Å². The molecule has 1 aliphatic rings. The molecule has 5 heteroatoms. The first-order valence-electron chi connectivity index (χ1n) is 6.07. The van der Waals surface area contributed by atoms with E-state index in [2.05, 4.69) is 4.98 Å². The standard InChI is InChI=1S/C12H18ClN3O/c1-15-9-14-8-11(15)12(17)16(7-6-13)10-4-2-3-5-10/h8-10H,2-7H2,1H3. The summed E-state index contributed by atoms with van der Waals surface area (Å²) in [6.45, 7) is 0.621. The third-order valence-corrected chi connectivity index (χ3v) is 3.56. The highest BCUT2D eigenvalue weighted by atomic mass is 35.5.